The minimum atomic E-state index is 0.173. The molecule has 86 valence electrons. The van der Waals surface area contributed by atoms with E-state index in [0.29, 0.717) is 0 Å². The summed E-state index contributed by atoms with van der Waals surface area (Å²) in [5.41, 5.74) is 2.18. The third-order valence-electron chi connectivity index (χ3n) is 2.38. The predicted octanol–water partition coefficient (Wildman–Crippen LogP) is 4.40. The average Bonchev–Trinajstić information content (AvgIpc) is 2.42. The second-order valence-electron chi connectivity index (χ2n) is 5.21. The van der Waals surface area contributed by atoms with Gasteiger partial charge in [-0.05, 0) is 29.8 Å². The van der Waals surface area contributed by atoms with Crippen LogP contribution >= 0.6 is 23.8 Å². The Balaban J connectivity index is 2.69. The smallest absolute Gasteiger partial charge is 0.178 e. The molecule has 1 aromatic carbocycles. The zero-order valence-electron chi connectivity index (χ0n) is 9.67. The Kier molecular flexibility index (Phi) is 2.84. The van der Waals surface area contributed by atoms with Gasteiger partial charge in [-0.1, -0.05) is 38.4 Å². The van der Waals surface area contributed by atoms with Crippen LogP contribution < -0.4 is 0 Å². The summed E-state index contributed by atoms with van der Waals surface area (Å²) in [4.78, 5) is 3.18. The second-order valence-corrected chi connectivity index (χ2v) is 6.01. The van der Waals surface area contributed by atoms with Crippen LogP contribution in [0, 0.1) is 10.2 Å². The van der Waals surface area contributed by atoms with E-state index in [1.165, 1.54) is 0 Å². The molecule has 1 N–H and O–H groups in total. The molecule has 1 aromatic heterocycles. The summed E-state index contributed by atoms with van der Waals surface area (Å²) in [6, 6.07) is 5.82. The maximum atomic E-state index is 6.22. The van der Waals surface area contributed by atoms with E-state index in [2.05, 4.69) is 30.3 Å². The van der Waals surface area contributed by atoms with Gasteiger partial charge in [-0.2, -0.15) is 0 Å². The van der Waals surface area contributed by atoms with Crippen molar-refractivity contribution in [2.24, 2.45) is 5.41 Å². The van der Waals surface area contributed by atoms with Crippen molar-refractivity contribution in [1.82, 2.24) is 9.55 Å². The molecule has 0 saturated carbocycles. The fourth-order valence-corrected chi connectivity index (χ4v) is 2.34. The van der Waals surface area contributed by atoms with Gasteiger partial charge in [-0.15, -0.1) is 0 Å². The largest absolute Gasteiger partial charge is 0.331 e. The Morgan fingerprint density at radius 3 is 2.69 bits per heavy atom. The Morgan fingerprint density at radius 2 is 2.06 bits per heavy atom. The van der Waals surface area contributed by atoms with Gasteiger partial charge in [0.25, 0.3) is 0 Å². The van der Waals surface area contributed by atoms with Crippen molar-refractivity contribution in [2.75, 3.05) is 0 Å². The van der Waals surface area contributed by atoms with Crippen LogP contribution in [0.1, 0.15) is 20.8 Å². The number of benzene rings is 1. The molecule has 1 heterocycles. The van der Waals surface area contributed by atoms with Gasteiger partial charge >= 0.3 is 0 Å². The van der Waals surface area contributed by atoms with Crippen LogP contribution in [-0.2, 0) is 6.54 Å². The molecule has 0 aliphatic rings. The molecule has 0 amide bonds. The van der Waals surface area contributed by atoms with Crippen LogP contribution in [0.2, 0.25) is 5.02 Å². The van der Waals surface area contributed by atoms with Crippen molar-refractivity contribution in [1.29, 1.82) is 0 Å². The first-order valence-corrected chi connectivity index (χ1v) is 6.04. The van der Waals surface area contributed by atoms with Gasteiger partial charge in [0.1, 0.15) is 0 Å². The predicted molar refractivity (Wildman–Crippen MR) is 71.6 cm³/mol. The van der Waals surface area contributed by atoms with Crippen LogP contribution in [-0.4, -0.2) is 9.55 Å². The van der Waals surface area contributed by atoms with Crippen molar-refractivity contribution in [3.63, 3.8) is 0 Å². The summed E-state index contributed by atoms with van der Waals surface area (Å²) < 4.78 is 2.81. The normalized spacial score (nSPS) is 12.2. The number of fused-ring (bicyclic) bond motifs is 1. The van der Waals surface area contributed by atoms with Gasteiger partial charge in [0.2, 0.25) is 0 Å². The number of imidazole rings is 1. The van der Waals surface area contributed by atoms with Crippen LogP contribution in [0.4, 0.5) is 0 Å². The maximum absolute atomic E-state index is 6.22. The molecular formula is C12H15ClN2S. The fourth-order valence-electron chi connectivity index (χ4n) is 1.80. The number of halogens is 1. The monoisotopic (exact) mass is 254 g/mol. The molecule has 0 bridgehead atoms. The van der Waals surface area contributed by atoms with Crippen LogP contribution in [0.3, 0.4) is 0 Å². The lowest BCUT2D eigenvalue weighted by Crippen LogP contribution is -2.15. The Hall–Kier alpha value is -0.800. The lowest BCUT2D eigenvalue weighted by atomic mass is 9.97. The molecule has 0 unspecified atom stereocenters. The number of H-pyrrole nitrogens is 1. The molecule has 16 heavy (non-hydrogen) atoms. The number of hydrogen-bond donors (Lipinski definition) is 1. The number of hydrogen-bond acceptors (Lipinski definition) is 1. The summed E-state index contributed by atoms with van der Waals surface area (Å²) in [5, 5.41) is 0.745. The fraction of sp³-hybridized carbons (Fsp3) is 0.417. The van der Waals surface area contributed by atoms with E-state index in [1.807, 2.05) is 18.2 Å². The van der Waals surface area contributed by atoms with Crippen molar-refractivity contribution in [3.8, 4) is 0 Å². The molecular weight excluding hydrogens is 240 g/mol. The molecule has 0 fully saturated rings. The van der Waals surface area contributed by atoms with E-state index < -0.39 is 0 Å². The maximum Gasteiger partial charge on any atom is 0.178 e. The van der Waals surface area contributed by atoms with E-state index in [1.54, 1.807) is 0 Å². The van der Waals surface area contributed by atoms with E-state index in [9.17, 15) is 0 Å². The van der Waals surface area contributed by atoms with Crippen LogP contribution in [0.15, 0.2) is 18.2 Å². The van der Waals surface area contributed by atoms with Crippen molar-refractivity contribution < 1.29 is 0 Å². The molecule has 0 aliphatic carbocycles. The van der Waals surface area contributed by atoms with Gasteiger partial charge in [0.05, 0.1) is 16.1 Å². The minimum Gasteiger partial charge on any atom is -0.331 e. The molecule has 2 nitrogen and oxygen atoms in total. The number of aromatic amines is 1. The lowest BCUT2D eigenvalue weighted by molar-refractivity contribution is 0.346. The molecule has 2 aromatic rings. The van der Waals surface area contributed by atoms with Crippen LogP contribution in [0.5, 0.6) is 0 Å². The van der Waals surface area contributed by atoms with Crippen LogP contribution in [0.25, 0.3) is 11.0 Å². The minimum absolute atomic E-state index is 0.173. The molecule has 4 heteroatoms. The number of nitrogens with zero attached hydrogens (tertiary/aromatic N) is 1. The van der Waals surface area contributed by atoms with Gasteiger partial charge < -0.3 is 9.55 Å². The summed E-state index contributed by atoms with van der Waals surface area (Å²) in [7, 11) is 0. The molecule has 0 radical (unpaired) electrons. The lowest BCUT2D eigenvalue weighted by Gasteiger charge is -2.19. The first-order chi connectivity index (χ1) is 7.38. The molecule has 0 atom stereocenters. The molecule has 0 saturated heterocycles. The zero-order chi connectivity index (χ0) is 11.9. The Bertz CT molecular complexity index is 575. The van der Waals surface area contributed by atoms with Crippen molar-refractivity contribution >= 4 is 34.9 Å². The highest BCUT2D eigenvalue weighted by molar-refractivity contribution is 7.71. The Labute approximate surface area is 105 Å². The zero-order valence-corrected chi connectivity index (χ0v) is 11.2. The second kappa shape index (κ2) is 3.90. The summed E-state index contributed by atoms with van der Waals surface area (Å²) in [6.45, 7) is 7.41. The molecule has 0 aliphatic heterocycles. The van der Waals surface area contributed by atoms with Gasteiger partial charge in [0, 0.05) is 6.54 Å². The van der Waals surface area contributed by atoms with E-state index >= 15 is 0 Å². The standard InChI is InChI=1S/C12H15ClN2S/c1-12(2,3)7-15-10-8(13)5-4-6-9(10)14-11(15)16/h4-6H,7H2,1-3H3,(H,14,16). The SMILES string of the molecule is CC(C)(C)Cn1c(=S)[nH]c2cccc(Cl)c21. The van der Waals surface area contributed by atoms with Gasteiger partial charge in [0.15, 0.2) is 4.77 Å². The number of aromatic nitrogens is 2. The first kappa shape index (κ1) is 11.7. The first-order valence-electron chi connectivity index (χ1n) is 5.25. The number of nitrogens with one attached hydrogen (secondary N) is 1. The highest BCUT2D eigenvalue weighted by Crippen LogP contribution is 2.26. The highest BCUT2D eigenvalue weighted by atomic mass is 35.5. The number of rotatable bonds is 1. The quantitative estimate of drug-likeness (QED) is 0.748. The average molecular weight is 255 g/mol. The third-order valence-corrected chi connectivity index (χ3v) is 3.00. The van der Waals surface area contributed by atoms with Gasteiger partial charge in [-0.3, -0.25) is 0 Å². The molecule has 2 rings (SSSR count). The highest BCUT2D eigenvalue weighted by Gasteiger charge is 2.15. The van der Waals surface area contributed by atoms with Crippen molar-refractivity contribution in [2.45, 2.75) is 27.3 Å². The van der Waals surface area contributed by atoms with Crippen molar-refractivity contribution in [3.05, 3.63) is 28.0 Å². The summed E-state index contributed by atoms with van der Waals surface area (Å²) in [5.74, 6) is 0. The Morgan fingerprint density at radius 1 is 1.38 bits per heavy atom. The van der Waals surface area contributed by atoms with E-state index in [4.69, 9.17) is 23.8 Å². The topological polar surface area (TPSA) is 20.7 Å². The summed E-state index contributed by atoms with van der Waals surface area (Å²) in [6.07, 6.45) is 0. The van der Waals surface area contributed by atoms with E-state index in [0.717, 1.165) is 27.4 Å². The van der Waals surface area contributed by atoms with E-state index in [-0.39, 0.29) is 5.41 Å². The summed E-state index contributed by atoms with van der Waals surface area (Å²) >= 11 is 11.5. The molecule has 0 spiro atoms. The third kappa shape index (κ3) is 2.15. The number of para-hydroxylation sites is 1. The van der Waals surface area contributed by atoms with Gasteiger partial charge in [-0.25, -0.2) is 0 Å².